The monoisotopic (exact) mass is 518 g/mol. The van der Waals surface area contributed by atoms with E-state index in [0.717, 1.165) is 17.7 Å². The van der Waals surface area contributed by atoms with Crippen LogP contribution in [-0.2, 0) is 13.2 Å². The van der Waals surface area contributed by atoms with Gasteiger partial charge in [-0.15, -0.1) is 0 Å². The summed E-state index contributed by atoms with van der Waals surface area (Å²) in [7, 11) is 1.75. The van der Waals surface area contributed by atoms with E-state index in [1.807, 2.05) is 6.92 Å². The Morgan fingerprint density at radius 2 is 1.79 bits per heavy atom. The standard InChI is InChI=1S/C27H21F3N6O2/c1-15-9-10-17(26(38)32-19-7-4-6-18(13-19)27(28,29)30)12-22(15)33-24-21-14-31-36(2)25(21)35-23(34-24)16-5-3-8-20(37)11-16/h3-14,37H,1-2H3,(H,32,38)(H,33,34,35). The Morgan fingerprint density at radius 3 is 2.55 bits per heavy atom. The van der Waals surface area contributed by atoms with Crippen LogP contribution >= 0.6 is 0 Å². The van der Waals surface area contributed by atoms with Crippen molar-refractivity contribution >= 4 is 34.1 Å². The topological polar surface area (TPSA) is 105 Å². The molecule has 1 amide bonds. The summed E-state index contributed by atoms with van der Waals surface area (Å²) in [6, 6.07) is 15.9. The number of fused-ring (bicyclic) bond motifs is 1. The Balaban J connectivity index is 1.48. The molecule has 0 saturated carbocycles. The first kappa shape index (κ1) is 24.8. The fourth-order valence-corrected chi connectivity index (χ4v) is 3.89. The van der Waals surface area contributed by atoms with Crippen molar-refractivity contribution in [3.63, 3.8) is 0 Å². The van der Waals surface area contributed by atoms with Crippen molar-refractivity contribution < 1.29 is 23.1 Å². The van der Waals surface area contributed by atoms with Crippen molar-refractivity contribution in [2.24, 2.45) is 7.05 Å². The third-order valence-electron chi connectivity index (χ3n) is 5.90. The van der Waals surface area contributed by atoms with Gasteiger partial charge in [0.15, 0.2) is 11.5 Å². The molecule has 5 rings (SSSR count). The van der Waals surface area contributed by atoms with Gasteiger partial charge in [-0.2, -0.15) is 18.3 Å². The van der Waals surface area contributed by atoms with Crippen molar-refractivity contribution in [2.45, 2.75) is 13.1 Å². The first-order chi connectivity index (χ1) is 18.1. The molecule has 2 heterocycles. The lowest BCUT2D eigenvalue weighted by Crippen LogP contribution is -2.13. The van der Waals surface area contributed by atoms with Crippen LogP contribution in [0.15, 0.2) is 72.9 Å². The minimum absolute atomic E-state index is 0.0310. The predicted octanol–water partition coefficient (Wildman–Crippen LogP) is 6.06. The zero-order valence-corrected chi connectivity index (χ0v) is 20.2. The fourth-order valence-electron chi connectivity index (χ4n) is 3.89. The van der Waals surface area contributed by atoms with Gasteiger partial charge in [0.2, 0.25) is 0 Å². The van der Waals surface area contributed by atoms with Crippen molar-refractivity contribution in [1.82, 2.24) is 19.7 Å². The minimum Gasteiger partial charge on any atom is -0.508 e. The molecule has 5 aromatic rings. The second-order valence-corrected chi connectivity index (χ2v) is 8.64. The molecule has 0 spiro atoms. The predicted molar refractivity (Wildman–Crippen MR) is 137 cm³/mol. The van der Waals surface area contributed by atoms with Crippen molar-refractivity contribution in [3.8, 4) is 17.1 Å². The number of amides is 1. The Hall–Kier alpha value is -4.93. The third-order valence-corrected chi connectivity index (χ3v) is 5.90. The van der Waals surface area contributed by atoms with Gasteiger partial charge in [-0.1, -0.05) is 24.3 Å². The molecule has 8 nitrogen and oxygen atoms in total. The van der Waals surface area contributed by atoms with E-state index in [2.05, 4.69) is 25.7 Å². The summed E-state index contributed by atoms with van der Waals surface area (Å²) in [5.41, 5.74) is 1.93. The van der Waals surface area contributed by atoms with Gasteiger partial charge < -0.3 is 15.7 Å². The van der Waals surface area contributed by atoms with Crippen LogP contribution in [0.4, 0.5) is 30.4 Å². The van der Waals surface area contributed by atoms with Crippen LogP contribution in [0.5, 0.6) is 5.75 Å². The summed E-state index contributed by atoms with van der Waals surface area (Å²) < 4.78 is 40.8. The highest BCUT2D eigenvalue weighted by Gasteiger charge is 2.30. The number of aromatic hydroxyl groups is 1. The van der Waals surface area contributed by atoms with E-state index in [1.54, 1.807) is 60.4 Å². The summed E-state index contributed by atoms with van der Waals surface area (Å²) in [4.78, 5) is 22.1. The van der Waals surface area contributed by atoms with Crippen molar-refractivity contribution in [1.29, 1.82) is 0 Å². The molecule has 3 N–H and O–H groups in total. The molecular formula is C27H21F3N6O2. The molecule has 0 saturated heterocycles. The maximum atomic E-state index is 13.1. The summed E-state index contributed by atoms with van der Waals surface area (Å²) in [5.74, 6) is 0.290. The normalized spacial score (nSPS) is 11.5. The molecule has 0 atom stereocenters. The number of aromatic nitrogens is 4. The number of carbonyl (C=O) groups is 1. The number of hydrogen-bond donors (Lipinski definition) is 3. The summed E-state index contributed by atoms with van der Waals surface area (Å²) in [5, 5.41) is 20.6. The van der Waals surface area contributed by atoms with Crippen LogP contribution in [0.25, 0.3) is 22.4 Å². The molecule has 2 aromatic heterocycles. The molecule has 0 unspecified atom stereocenters. The quantitative estimate of drug-likeness (QED) is 0.261. The van der Waals surface area contributed by atoms with Gasteiger partial charge in [0.1, 0.15) is 11.6 Å². The maximum Gasteiger partial charge on any atom is 0.416 e. The zero-order chi connectivity index (χ0) is 27.0. The third kappa shape index (κ3) is 4.99. The first-order valence-corrected chi connectivity index (χ1v) is 11.4. The highest BCUT2D eigenvalue weighted by Crippen LogP contribution is 2.32. The molecule has 0 aliphatic rings. The molecule has 11 heteroatoms. The average molecular weight is 518 g/mol. The molecule has 3 aromatic carbocycles. The Morgan fingerprint density at radius 1 is 1.00 bits per heavy atom. The number of carbonyl (C=O) groups excluding carboxylic acids is 1. The lowest BCUT2D eigenvalue weighted by Gasteiger charge is -2.14. The molecule has 0 aliphatic heterocycles. The molecule has 0 bridgehead atoms. The van der Waals surface area contributed by atoms with E-state index in [-0.39, 0.29) is 17.0 Å². The van der Waals surface area contributed by atoms with Crippen molar-refractivity contribution in [3.05, 3.63) is 89.6 Å². The highest BCUT2D eigenvalue weighted by molar-refractivity contribution is 6.05. The Kier molecular flexibility index (Phi) is 6.19. The molecule has 0 radical (unpaired) electrons. The van der Waals surface area contributed by atoms with Crippen LogP contribution in [0.2, 0.25) is 0 Å². The number of rotatable bonds is 5. The number of hydrogen-bond acceptors (Lipinski definition) is 6. The number of benzene rings is 3. The minimum atomic E-state index is -4.52. The smallest absolute Gasteiger partial charge is 0.416 e. The second-order valence-electron chi connectivity index (χ2n) is 8.64. The van der Waals surface area contributed by atoms with E-state index in [1.165, 1.54) is 12.1 Å². The van der Waals surface area contributed by atoms with E-state index < -0.39 is 17.6 Å². The van der Waals surface area contributed by atoms with E-state index >= 15 is 0 Å². The van der Waals surface area contributed by atoms with Gasteiger partial charge in [0.25, 0.3) is 5.91 Å². The summed E-state index contributed by atoms with van der Waals surface area (Å²) >= 11 is 0. The average Bonchev–Trinajstić information content (AvgIpc) is 3.26. The van der Waals surface area contributed by atoms with E-state index in [9.17, 15) is 23.1 Å². The fraction of sp³-hybridized carbons (Fsp3) is 0.111. The van der Waals surface area contributed by atoms with Gasteiger partial charge in [0.05, 0.1) is 17.1 Å². The molecule has 192 valence electrons. The van der Waals surface area contributed by atoms with Crippen LogP contribution in [0.3, 0.4) is 0 Å². The Labute approximate surface area is 214 Å². The number of phenolic OH excluding ortho intramolecular Hbond substituents is 1. The number of alkyl halides is 3. The number of phenols is 1. The number of aryl methyl sites for hydroxylation is 2. The van der Waals surface area contributed by atoms with Gasteiger partial charge >= 0.3 is 6.18 Å². The number of halogens is 3. The van der Waals surface area contributed by atoms with Gasteiger partial charge in [0, 0.05) is 29.5 Å². The Bertz CT molecular complexity index is 1680. The lowest BCUT2D eigenvalue weighted by atomic mass is 10.1. The second kappa shape index (κ2) is 9.51. The summed E-state index contributed by atoms with van der Waals surface area (Å²) in [6.07, 6.45) is -2.91. The van der Waals surface area contributed by atoms with Crippen LogP contribution < -0.4 is 10.6 Å². The van der Waals surface area contributed by atoms with Crippen LogP contribution in [0.1, 0.15) is 21.5 Å². The number of nitrogens with zero attached hydrogens (tertiary/aromatic N) is 4. The van der Waals surface area contributed by atoms with E-state index in [4.69, 9.17) is 0 Å². The van der Waals surface area contributed by atoms with Gasteiger partial charge in [-0.3, -0.25) is 9.48 Å². The molecule has 0 fully saturated rings. The van der Waals surface area contributed by atoms with E-state index in [0.29, 0.717) is 33.9 Å². The molecule has 38 heavy (non-hydrogen) atoms. The molecular weight excluding hydrogens is 497 g/mol. The highest BCUT2D eigenvalue weighted by atomic mass is 19.4. The number of nitrogens with one attached hydrogen (secondary N) is 2. The SMILES string of the molecule is Cc1ccc(C(=O)Nc2cccc(C(F)(F)F)c2)cc1Nc1nc(-c2cccc(O)c2)nc2c1cnn2C. The molecule has 0 aliphatic carbocycles. The zero-order valence-electron chi connectivity index (χ0n) is 20.2. The van der Waals surface area contributed by atoms with Crippen LogP contribution in [0, 0.1) is 6.92 Å². The lowest BCUT2D eigenvalue weighted by molar-refractivity contribution is -0.137. The van der Waals surface area contributed by atoms with Crippen molar-refractivity contribution in [2.75, 3.05) is 10.6 Å². The maximum absolute atomic E-state index is 13.1. The largest absolute Gasteiger partial charge is 0.508 e. The summed E-state index contributed by atoms with van der Waals surface area (Å²) in [6.45, 7) is 1.84. The van der Waals surface area contributed by atoms with Gasteiger partial charge in [-0.05, 0) is 55.0 Å². The number of anilines is 3. The van der Waals surface area contributed by atoms with Gasteiger partial charge in [-0.25, -0.2) is 9.97 Å². The first-order valence-electron chi connectivity index (χ1n) is 11.4. The van der Waals surface area contributed by atoms with Crippen LogP contribution in [-0.4, -0.2) is 30.8 Å².